The molecule has 2 fully saturated rings. The zero-order valence-corrected chi connectivity index (χ0v) is 34.1. The van der Waals surface area contributed by atoms with Crippen LogP contribution in [0.1, 0.15) is 106 Å². The average Bonchev–Trinajstić information content (AvgIpc) is 3.61. The third-order valence-corrected chi connectivity index (χ3v) is 17.2. The van der Waals surface area contributed by atoms with Crippen molar-refractivity contribution in [3.05, 3.63) is 84.5 Å². The van der Waals surface area contributed by atoms with Gasteiger partial charge >= 0.3 is 0 Å². The van der Waals surface area contributed by atoms with E-state index in [1.54, 1.807) is 7.11 Å². The summed E-state index contributed by atoms with van der Waals surface area (Å²) in [7, 11) is -0.887. The van der Waals surface area contributed by atoms with E-state index in [0.717, 1.165) is 50.5 Å². The number of hydrogen-bond acceptors (Lipinski definition) is 5. The van der Waals surface area contributed by atoms with Crippen LogP contribution in [-0.2, 0) is 13.9 Å². The molecule has 2 aliphatic rings. The molecule has 9 atom stereocenters. The molecule has 6 heteroatoms. The first-order valence-corrected chi connectivity index (χ1v) is 21.9. The lowest BCUT2D eigenvalue weighted by atomic mass is 9.67. The van der Waals surface area contributed by atoms with Gasteiger partial charge in [0.25, 0.3) is 8.32 Å². The van der Waals surface area contributed by atoms with Crippen molar-refractivity contribution in [1.82, 2.24) is 0 Å². The van der Waals surface area contributed by atoms with Crippen molar-refractivity contribution in [2.24, 2.45) is 29.6 Å². The Labute approximate surface area is 312 Å². The van der Waals surface area contributed by atoms with Crippen molar-refractivity contribution >= 4 is 18.7 Å². The Morgan fingerprint density at radius 1 is 0.922 bits per heavy atom. The van der Waals surface area contributed by atoms with Crippen LogP contribution in [-0.4, -0.2) is 63.3 Å². The normalized spacial score (nSPS) is 25.9. The Kier molecular flexibility index (Phi) is 16.2. The van der Waals surface area contributed by atoms with Gasteiger partial charge in [0.05, 0.1) is 31.0 Å². The second-order valence-corrected chi connectivity index (χ2v) is 21.2. The monoisotopic (exact) mass is 718 g/mol. The quantitative estimate of drug-likeness (QED) is 0.119. The van der Waals surface area contributed by atoms with Crippen LogP contribution in [0.3, 0.4) is 0 Å². The summed E-state index contributed by atoms with van der Waals surface area (Å²) < 4.78 is 19.0. The van der Waals surface area contributed by atoms with Crippen molar-refractivity contribution in [2.45, 2.75) is 136 Å². The number of ether oxygens (including phenoxy) is 2. The molecule has 2 aromatic rings. The third kappa shape index (κ3) is 10.8. The van der Waals surface area contributed by atoms with E-state index in [-0.39, 0.29) is 29.8 Å². The molecule has 0 amide bonds. The minimum atomic E-state index is -2.64. The second-order valence-electron chi connectivity index (χ2n) is 16.9. The van der Waals surface area contributed by atoms with Crippen LogP contribution < -0.4 is 10.4 Å². The molecule has 1 aliphatic carbocycles. The topological polar surface area (TPSA) is 68.2 Å². The first kappa shape index (κ1) is 41.7. The summed E-state index contributed by atoms with van der Waals surface area (Å²) in [6.07, 6.45) is 16.4. The summed E-state index contributed by atoms with van der Waals surface area (Å²) >= 11 is 0. The predicted molar refractivity (Wildman–Crippen MR) is 215 cm³/mol. The van der Waals surface area contributed by atoms with Gasteiger partial charge in [0.15, 0.2) is 0 Å². The van der Waals surface area contributed by atoms with E-state index in [4.69, 9.17) is 13.9 Å². The molecule has 1 aliphatic heterocycles. The van der Waals surface area contributed by atoms with Crippen molar-refractivity contribution < 1.29 is 24.1 Å². The summed E-state index contributed by atoms with van der Waals surface area (Å²) in [4.78, 5) is 0. The second kappa shape index (κ2) is 19.9. The van der Waals surface area contributed by atoms with Crippen molar-refractivity contribution in [3.63, 3.8) is 0 Å². The molecule has 1 heterocycles. The molecule has 0 spiro atoms. The molecule has 1 saturated heterocycles. The van der Waals surface area contributed by atoms with E-state index in [1.165, 1.54) is 23.2 Å². The lowest BCUT2D eigenvalue weighted by molar-refractivity contribution is -0.0456. The molecule has 284 valence electrons. The smallest absolute Gasteiger partial charge is 0.261 e. The Morgan fingerprint density at radius 2 is 1.55 bits per heavy atom. The van der Waals surface area contributed by atoms with Crippen LogP contribution in [0.15, 0.2) is 84.5 Å². The summed E-state index contributed by atoms with van der Waals surface area (Å²) in [5.41, 5.74) is 0.786. The van der Waals surface area contributed by atoms with Gasteiger partial charge in [0.1, 0.15) is 0 Å². The van der Waals surface area contributed by atoms with Gasteiger partial charge in [-0.25, -0.2) is 0 Å². The number of aliphatic hydroxyl groups excluding tert-OH is 2. The van der Waals surface area contributed by atoms with Gasteiger partial charge in [-0.1, -0.05) is 133 Å². The highest BCUT2D eigenvalue weighted by Gasteiger charge is 2.50. The van der Waals surface area contributed by atoms with Gasteiger partial charge in [-0.05, 0) is 102 Å². The van der Waals surface area contributed by atoms with E-state index >= 15 is 0 Å². The van der Waals surface area contributed by atoms with E-state index in [9.17, 15) is 10.2 Å². The maximum atomic E-state index is 11.5. The molecule has 4 rings (SSSR count). The molecule has 2 aromatic carbocycles. The number of benzene rings is 2. The van der Waals surface area contributed by atoms with Gasteiger partial charge in [-0.2, -0.15) is 0 Å². The van der Waals surface area contributed by atoms with Gasteiger partial charge in [-0.3, -0.25) is 0 Å². The first-order chi connectivity index (χ1) is 24.4. The zero-order valence-electron chi connectivity index (χ0n) is 33.1. The zero-order chi connectivity index (χ0) is 37.0. The van der Waals surface area contributed by atoms with Crippen LogP contribution in [0.5, 0.6) is 0 Å². The lowest BCUT2D eigenvalue weighted by Gasteiger charge is -2.45. The minimum absolute atomic E-state index is 0.0661. The summed E-state index contributed by atoms with van der Waals surface area (Å²) in [5.74, 6) is 1.66. The molecule has 5 nitrogen and oxygen atoms in total. The molecule has 0 aromatic heterocycles. The van der Waals surface area contributed by atoms with E-state index in [2.05, 4.69) is 127 Å². The van der Waals surface area contributed by atoms with Gasteiger partial charge in [0.2, 0.25) is 0 Å². The summed E-state index contributed by atoms with van der Waals surface area (Å²) in [6, 6.07) is 21.8. The number of aliphatic hydroxyl groups is 2. The highest BCUT2D eigenvalue weighted by Crippen LogP contribution is 2.43. The maximum Gasteiger partial charge on any atom is 0.261 e. The largest absolute Gasteiger partial charge is 0.407 e. The standard InChI is InChI=1S/C45H70O5Si/c1-33-21-19-22-37(30-38(31-46)44(47)34(2)20-13-9-10-14-23-39-28-29-42(50-39)36(4)48-8)43(33)35(3)32-49-51(45(5,6)7,40-24-15-11-16-25-40)41-26-17-12-18-27-41/h9-12,15-18,24-27,30,33-37,39,42-44,46-47H,13-14,19-23,28-29,31-32H2,1-8H3/b10-9-,38-30+/t33-,34-,35-,36+,37-,39+,42-,43-,44-/m0/s1. The molecule has 1 saturated carbocycles. The summed E-state index contributed by atoms with van der Waals surface area (Å²) in [6.45, 7) is 16.6. The van der Waals surface area contributed by atoms with Gasteiger partial charge in [-0.15, -0.1) is 0 Å². The fraction of sp³-hybridized carbons (Fsp3) is 0.644. The number of hydrogen-bond donors (Lipinski definition) is 2. The molecule has 0 unspecified atom stereocenters. The van der Waals surface area contributed by atoms with Crippen LogP contribution in [0.2, 0.25) is 5.04 Å². The van der Waals surface area contributed by atoms with E-state index in [0.29, 0.717) is 36.4 Å². The van der Waals surface area contributed by atoms with Gasteiger partial charge in [0, 0.05) is 13.7 Å². The first-order valence-electron chi connectivity index (χ1n) is 20.0. The Bertz CT molecular complexity index is 1300. The van der Waals surface area contributed by atoms with E-state index < -0.39 is 14.4 Å². The predicted octanol–water partition coefficient (Wildman–Crippen LogP) is 8.87. The molecule has 51 heavy (non-hydrogen) atoms. The maximum absolute atomic E-state index is 11.5. The van der Waals surface area contributed by atoms with Crippen LogP contribution in [0.25, 0.3) is 0 Å². The Balaban J connectivity index is 1.40. The lowest BCUT2D eigenvalue weighted by Crippen LogP contribution is -2.67. The van der Waals surface area contributed by atoms with Crippen LogP contribution in [0.4, 0.5) is 0 Å². The van der Waals surface area contributed by atoms with Crippen molar-refractivity contribution in [1.29, 1.82) is 0 Å². The Morgan fingerprint density at radius 3 is 2.14 bits per heavy atom. The molecular formula is C45H70O5Si. The van der Waals surface area contributed by atoms with Crippen molar-refractivity contribution in [2.75, 3.05) is 20.3 Å². The minimum Gasteiger partial charge on any atom is -0.407 e. The molecule has 0 radical (unpaired) electrons. The SMILES string of the molecule is CO[C@H](C)[C@@H]1CC[C@@H](CC/C=C\CC[C@H](C)[C@H](O)/C(=C/[C@@H]2CCC[C@H](C)[C@H]2[C@@H](C)CO[Si](c2ccccc2)(c2ccccc2)C(C)(C)C)CO)O1. The Hall–Kier alpha value is -2.06. The number of methoxy groups -OCH3 is 1. The van der Waals surface area contributed by atoms with Gasteiger partial charge < -0.3 is 24.1 Å². The molecule has 0 bridgehead atoms. The molecule has 2 N–H and O–H groups in total. The van der Waals surface area contributed by atoms with Crippen LogP contribution in [0, 0.1) is 29.6 Å². The average molecular weight is 719 g/mol. The fourth-order valence-corrected chi connectivity index (χ4v) is 13.8. The van der Waals surface area contributed by atoms with Crippen molar-refractivity contribution in [3.8, 4) is 0 Å². The van der Waals surface area contributed by atoms with Crippen LogP contribution >= 0.6 is 0 Å². The fourth-order valence-electron chi connectivity index (χ4n) is 9.15. The third-order valence-electron chi connectivity index (χ3n) is 12.2. The van der Waals surface area contributed by atoms with E-state index in [1.807, 2.05) is 0 Å². The number of rotatable bonds is 18. The molecular weight excluding hydrogens is 649 g/mol. The number of allylic oxidation sites excluding steroid dienone is 3. The highest BCUT2D eigenvalue weighted by atomic mass is 28.4. The summed E-state index contributed by atoms with van der Waals surface area (Å²) in [5, 5.41) is 24.6. The highest BCUT2D eigenvalue weighted by molar-refractivity contribution is 6.99.